The quantitative estimate of drug-likeness (QED) is 0.444. The van der Waals surface area contributed by atoms with E-state index < -0.39 is 17.1 Å². The Morgan fingerprint density at radius 3 is 1.60 bits per heavy atom. The van der Waals surface area contributed by atoms with E-state index in [1.807, 2.05) is 0 Å². The van der Waals surface area contributed by atoms with Crippen LogP contribution in [0.1, 0.15) is 6.92 Å². The largest absolute Gasteiger partial charge is 0.444 e. The van der Waals surface area contributed by atoms with Crippen LogP contribution in [-0.4, -0.2) is 17.1 Å². The number of alkyl halides is 5. The van der Waals surface area contributed by atoms with Gasteiger partial charge >= 0.3 is 11.3 Å². The maximum atomic E-state index is 12.0. The first kappa shape index (κ1) is 9.68. The van der Waals surface area contributed by atoms with Crippen molar-refractivity contribution in [3.8, 4) is 0 Å². The number of halogens is 5. The van der Waals surface area contributed by atoms with Crippen molar-refractivity contribution in [2.75, 3.05) is 0 Å². The molecule has 0 saturated heterocycles. The molecule has 0 bridgehead atoms. The zero-order chi connectivity index (χ0) is 8.58. The molecule has 0 spiro atoms. The molecule has 10 heavy (non-hydrogen) atoms. The van der Waals surface area contributed by atoms with Gasteiger partial charge in [0.2, 0.25) is 0 Å². The van der Waals surface area contributed by atoms with E-state index in [9.17, 15) is 22.4 Å². The van der Waals surface area contributed by atoms with Crippen LogP contribution < -0.4 is 0 Å². The third kappa shape index (κ3) is 1.59. The summed E-state index contributed by atoms with van der Waals surface area (Å²) in [5.41, 5.74) is 0. The Balaban J connectivity index is 4.57. The number of ketones is 1. The molecule has 0 aromatic heterocycles. The van der Waals surface area contributed by atoms with Gasteiger partial charge in [-0.05, 0) is 6.92 Å². The van der Waals surface area contributed by atoms with Crippen LogP contribution in [0.3, 0.4) is 0 Å². The zero-order valence-corrected chi connectivity index (χ0v) is 5.55. The Hall–Kier alpha value is -0.320. The monoisotopic (exact) mass is 178 g/mol. The maximum Gasteiger partial charge on any atom is 0.444 e. The Labute approximate surface area is 59.0 Å². The highest BCUT2D eigenvalue weighted by Gasteiger charge is 2.58. The van der Waals surface area contributed by atoms with E-state index in [-0.39, 0.29) is 0 Å². The SMILES string of the molecule is CC(=O)C(F)(Cl)C(F)(F)F. The van der Waals surface area contributed by atoms with Crippen LogP contribution in [0.5, 0.6) is 0 Å². The van der Waals surface area contributed by atoms with Gasteiger partial charge in [0.15, 0.2) is 5.78 Å². The molecular formula is C4H3ClF4O. The molecule has 0 radical (unpaired) electrons. The molecular weight excluding hydrogens is 175 g/mol. The molecule has 0 aliphatic rings. The van der Waals surface area contributed by atoms with Gasteiger partial charge in [-0.1, -0.05) is 11.6 Å². The van der Waals surface area contributed by atoms with E-state index in [4.69, 9.17) is 0 Å². The molecule has 0 saturated carbocycles. The summed E-state index contributed by atoms with van der Waals surface area (Å²) < 4.78 is 46.1. The van der Waals surface area contributed by atoms with Gasteiger partial charge in [0.1, 0.15) is 0 Å². The van der Waals surface area contributed by atoms with Gasteiger partial charge in [-0.2, -0.15) is 13.2 Å². The summed E-state index contributed by atoms with van der Waals surface area (Å²) >= 11 is 4.21. The fraction of sp³-hybridized carbons (Fsp3) is 0.750. The number of hydrogen-bond donors (Lipinski definition) is 0. The predicted octanol–water partition coefficient (Wildman–Crippen LogP) is 2.04. The average molecular weight is 179 g/mol. The molecule has 1 nitrogen and oxygen atoms in total. The summed E-state index contributed by atoms with van der Waals surface area (Å²) in [6, 6.07) is 0. The standard InChI is InChI=1S/C4H3ClF4O/c1-2(10)3(5,6)4(7,8)9/h1H3. The van der Waals surface area contributed by atoms with Gasteiger partial charge in [-0.25, -0.2) is 4.39 Å². The molecule has 0 amide bonds. The molecule has 1 unspecified atom stereocenters. The predicted molar refractivity (Wildman–Crippen MR) is 26.4 cm³/mol. The van der Waals surface area contributed by atoms with E-state index in [0.29, 0.717) is 6.92 Å². The second-order valence-electron chi connectivity index (χ2n) is 1.63. The molecule has 0 aromatic rings. The number of carbonyl (C=O) groups excluding carboxylic acids is 1. The molecule has 6 heteroatoms. The maximum absolute atomic E-state index is 12.0. The average Bonchev–Trinajstić information content (AvgIpc) is 1.62. The lowest BCUT2D eigenvalue weighted by Gasteiger charge is -2.16. The molecule has 0 aliphatic carbocycles. The van der Waals surface area contributed by atoms with Gasteiger partial charge in [0.05, 0.1) is 0 Å². The van der Waals surface area contributed by atoms with Crippen molar-refractivity contribution in [3.05, 3.63) is 0 Å². The fourth-order valence-corrected chi connectivity index (χ4v) is 0.200. The van der Waals surface area contributed by atoms with Crippen LogP contribution >= 0.6 is 11.6 Å². The number of hydrogen-bond acceptors (Lipinski definition) is 1. The van der Waals surface area contributed by atoms with Crippen LogP contribution in [0.25, 0.3) is 0 Å². The lowest BCUT2D eigenvalue weighted by Crippen LogP contribution is -2.41. The van der Waals surface area contributed by atoms with E-state index in [1.54, 1.807) is 0 Å². The van der Waals surface area contributed by atoms with E-state index in [0.717, 1.165) is 0 Å². The van der Waals surface area contributed by atoms with Crippen LogP contribution in [0.15, 0.2) is 0 Å². The Kier molecular flexibility index (Phi) is 2.30. The minimum atomic E-state index is -5.33. The lowest BCUT2D eigenvalue weighted by molar-refractivity contribution is -0.198. The highest BCUT2D eigenvalue weighted by Crippen LogP contribution is 2.37. The second kappa shape index (κ2) is 2.38. The second-order valence-corrected chi connectivity index (χ2v) is 2.15. The topological polar surface area (TPSA) is 17.1 Å². The minimum Gasteiger partial charge on any atom is -0.295 e. The van der Waals surface area contributed by atoms with Crippen LogP contribution in [-0.2, 0) is 4.79 Å². The van der Waals surface area contributed by atoms with E-state index in [1.165, 1.54) is 0 Å². The highest BCUT2D eigenvalue weighted by atomic mass is 35.5. The fourth-order valence-electron chi connectivity index (χ4n) is 0.200. The molecule has 0 fully saturated rings. The summed E-state index contributed by atoms with van der Waals surface area (Å²) in [7, 11) is 0. The van der Waals surface area contributed by atoms with Crippen LogP contribution in [0, 0.1) is 0 Å². The van der Waals surface area contributed by atoms with Crippen molar-refractivity contribution >= 4 is 17.4 Å². The summed E-state index contributed by atoms with van der Waals surface area (Å²) in [5, 5.41) is -4.23. The minimum absolute atomic E-state index is 0.431. The molecule has 0 rings (SSSR count). The molecule has 0 aromatic carbocycles. The molecule has 1 atom stereocenters. The summed E-state index contributed by atoms with van der Waals surface area (Å²) in [4.78, 5) is 9.89. The Bertz CT molecular complexity index is 150. The van der Waals surface area contributed by atoms with Gasteiger partial charge in [0.25, 0.3) is 0 Å². The zero-order valence-electron chi connectivity index (χ0n) is 4.80. The third-order valence-electron chi connectivity index (χ3n) is 0.798. The number of carbonyl (C=O) groups is 1. The summed E-state index contributed by atoms with van der Waals surface area (Å²) in [5.74, 6) is -1.76. The number of rotatable bonds is 1. The highest BCUT2D eigenvalue weighted by molar-refractivity contribution is 6.34. The molecule has 0 aliphatic heterocycles. The van der Waals surface area contributed by atoms with E-state index in [2.05, 4.69) is 11.6 Å². The van der Waals surface area contributed by atoms with Crippen molar-refractivity contribution in [2.24, 2.45) is 0 Å². The number of Topliss-reactive ketones (excluding diaryl/α,β-unsaturated/α-hetero) is 1. The van der Waals surface area contributed by atoms with Gasteiger partial charge in [0, 0.05) is 0 Å². The normalized spacial score (nSPS) is 18.2. The van der Waals surface area contributed by atoms with Crippen molar-refractivity contribution < 1.29 is 22.4 Å². The third-order valence-corrected chi connectivity index (χ3v) is 1.28. The summed E-state index contributed by atoms with van der Waals surface area (Å²) in [6.45, 7) is 0.431. The Morgan fingerprint density at radius 2 is 1.60 bits per heavy atom. The molecule has 60 valence electrons. The van der Waals surface area contributed by atoms with Gasteiger partial charge < -0.3 is 0 Å². The first-order valence-corrected chi connectivity index (χ1v) is 2.53. The smallest absolute Gasteiger partial charge is 0.295 e. The van der Waals surface area contributed by atoms with Crippen molar-refractivity contribution in [1.29, 1.82) is 0 Å². The van der Waals surface area contributed by atoms with Gasteiger partial charge in [-0.15, -0.1) is 0 Å². The first-order valence-electron chi connectivity index (χ1n) is 2.15. The van der Waals surface area contributed by atoms with E-state index >= 15 is 0 Å². The van der Waals surface area contributed by atoms with Crippen molar-refractivity contribution in [2.45, 2.75) is 18.2 Å². The van der Waals surface area contributed by atoms with Gasteiger partial charge in [-0.3, -0.25) is 4.79 Å². The lowest BCUT2D eigenvalue weighted by atomic mass is 10.3. The first-order chi connectivity index (χ1) is 4.19. The van der Waals surface area contributed by atoms with Crippen LogP contribution in [0.4, 0.5) is 17.6 Å². The van der Waals surface area contributed by atoms with Crippen molar-refractivity contribution in [3.63, 3.8) is 0 Å². The molecule has 0 N–H and O–H groups in total. The van der Waals surface area contributed by atoms with Crippen LogP contribution in [0.2, 0.25) is 0 Å². The molecule has 0 heterocycles. The Morgan fingerprint density at radius 1 is 1.30 bits per heavy atom. The van der Waals surface area contributed by atoms with Crippen molar-refractivity contribution in [1.82, 2.24) is 0 Å². The summed E-state index contributed by atoms with van der Waals surface area (Å²) in [6.07, 6.45) is -5.33.